The first-order chi connectivity index (χ1) is 11.6. The highest BCUT2D eigenvalue weighted by atomic mass is 16.6. The number of aromatic hydroxyl groups is 2. The van der Waals surface area contributed by atoms with E-state index in [1.54, 1.807) is 0 Å². The predicted octanol–water partition coefficient (Wildman–Crippen LogP) is 3.05. The molecule has 1 spiro atoms. The minimum absolute atomic E-state index is 0.0230. The van der Waals surface area contributed by atoms with Gasteiger partial charge >= 0.3 is 0 Å². The van der Waals surface area contributed by atoms with Gasteiger partial charge in [0.1, 0.15) is 6.10 Å². The highest BCUT2D eigenvalue weighted by Crippen LogP contribution is 2.67. The summed E-state index contributed by atoms with van der Waals surface area (Å²) in [7, 11) is 0. The van der Waals surface area contributed by atoms with E-state index in [4.69, 9.17) is 4.74 Å². The fourth-order valence-corrected chi connectivity index (χ4v) is 5.92. The van der Waals surface area contributed by atoms with E-state index in [0.29, 0.717) is 23.1 Å². The van der Waals surface area contributed by atoms with Crippen molar-refractivity contribution in [2.45, 2.75) is 76.8 Å². The predicted molar refractivity (Wildman–Crippen MR) is 92.5 cm³/mol. The minimum atomic E-state index is -1.09. The Morgan fingerprint density at radius 1 is 1.12 bits per heavy atom. The molecule has 5 nitrogen and oxygen atoms in total. The fraction of sp³-hybridized carbons (Fsp3) is 0.700. The van der Waals surface area contributed by atoms with Crippen LogP contribution in [-0.2, 0) is 10.2 Å². The summed E-state index contributed by atoms with van der Waals surface area (Å²) in [6.45, 7) is 8.10. The lowest BCUT2D eigenvalue weighted by molar-refractivity contribution is -0.303. The second kappa shape index (κ2) is 5.12. The normalized spacial score (nSPS) is 38.5. The number of hydrogen-bond acceptors (Lipinski definition) is 5. The number of benzene rings is 1. The fourth-order valence-electron chi connectivity index (χ4n) is 5.92. The van der Waals surface area contributed by atoms with Crippen LogP contribution in [0, 0.1) is 11.3 Å². The second-order valence-corrected chi connectivity index (χ2v) is 9.04. The lowest BCUT2D eigenvalue weighted by Crippen LogP contribution is -2.67. The Bertz CT molecular complexity index is 725. The molecule has 5 atom stereocenters. The molecule has 25 heavy (non-hydrogen) atoms. The second-order valence-electron chi connectivity index (χ2n) is 9.04. The van der Waals surface area contributed by atoms with Gasteiger partial charge < -0.3 is 25.2 Å². The van der Waals surface area contributed by atoms with Crippen molar-refractivity contribution < 1.29 is 25.2 Å². The first-order valence-electron chi connectivity index (χ1n) is 9.23. The van der Waals surface area contributed by atoms with Crippen molar-refractivity contribution in [1.82, 2.24) is 0 Å². The Kier molecular flexibility index (Phi) is 3.51. The molecule has 138 valence electrons. The van der Waals surface area contributed by atoms with Gasteiger partial charge in [-0.05, 0) is 35.8 Å². The van der Waals surface area contributed by atoms with E-state index in [2.05, 4.69) is 13.8 Å². The molecule has 5 rings (SSSR count). The van der Waals surface area contributed by atoms with E-state index in [-0.39, 0.29) is 28.7 Å². The topological polar surface area (TPSA) is 90.2 Å². The minimum Gasteiger partial charge on any atom is -0.504 e. The summed E-state index contributed by atoms with van der Waals surface area (Å²) in [6.07, 6.45) is -0.0799. The summed E-state index contributed by atoms with van der Waals surface area (Å²) >= 11 is 0. The van der Waals surface area contributed by atoms with Crippen LogP contribution in [0.3, 0.4) is 0 Å². The number of aliphatic hydroxyl groups is 2. The lowest BCUT2D eigenvalue weighted by Gasteiger charge is -2.64. The van der Waals surface area contributed by atoms with Crippen molar-refractivity contribution in [2.24, 2.45) is 11.3 Å². The van der Waals surface area contributed by atoms with Gasteiger partial charge in [-0.3, -0.25) is 0 Å². The van der Waals surface area contributed by atoms with Gasteiger partial charge in [-0.1, -0.05) is 34.1 Å². The maximum atomic E-state index is 11.1. The number of ether oxygens (including phenoxy) is 1. The van der Waals surface area contributed by atoms with Crippen LogP contribution in [0.15, 0.2) is 6.07 Å². The molecule has 5 heteroatoms. The van der Waals surface area contributed by atoms with Crippen LogP contribution in [0.2, 0.25) is 0 Å². The molecule has 4 aliphatic rings. The van der Waals surface area contributed by atoms with Crippen molar-refractivity contribution in [2.75, 3.05) is 0 Å². The summed E-state index contributed by atoms with van der Waals surface area (Å²) in [5.41, 5.74) is 0.850. The number of hydrogen-bond donors (Lipinski definition) is 4. The molecule has 0 aromatic heterocycles. The average Bonchev–Trinajstić information content (AvgIpc) is 2.51. The molecule has 4 N–H and O–H groups in total. The molecule has 1 aromatic carbocycles. The van der Waals surface area contributed by atoms with E-state index in [0.717, 1.165) is 12.8 Å². The molecule has 1 saturated carbocycles. The van der Waals surface area contributed by atoms with Crippen LogP contribution in [0.25, 0.3) is 0 Å². The average molecular weight is 348 g/mol. The van der Waals surface area contributed by atoms with Gasteiger partial charge in [0.2, 0.25) is 0 Å². The molecule has 2 fully saturated rings. The van der Waals surface area contributed by atoms with E-state index < -0.39 is 23.9 Å². The number of phenols is 2. The molecular formula is C20H28O5. The quantitative estimate of drug-likeness (QED) is 0.586. The van der Waals surface area contributed by atoms with Crippen LogP contribution in [0.1, 0.15) is 75.7 Å². The Morgan fingerprint density at radius 2 is 1.80 bits per heavy atom. The highest BCUT2D eigenvalue weighted by Gasteiger charge is 2.67. The number of phenolic OH excluding ortho intramolecular Hbond substituents is 2. The number of aliphatic hydroxyl groups excluding tert-OH is 2. The van der Waals surface area contributed by atoms with Crippen molar-refractivity contribution in [3.8, 4) is 11.5 Å². The molecule has 2 aliphatic carbocycles. The van der Waals surface area contributed by atoms with Crippen molar-refractivity contribution in [3.05, 3.63) is 22.8 Å². The summed E-state index contributed by atoms with van der Waals surface area (Å²) in [4.78, 5) is 0. The highest BCUT2D eigenvalue weighted by molar-refractivity contribution is 5.61. The molecular weight excluding hydrogens is 320 g/mol. The Morgan fingerprint density at radius 3 is 2.44 bits per heavy atom. The summed E-state index contributed by atoms with van der Waals surface area (Å²) < 4.78 is 5.82. The summed E-state index contributed by atoms with van der Waals surface area (Å²) in [5, 5.41) is 43.4. The van der Waals surface area contributed by atoms with Crippen molar-refractivity contribution >= 4 is 0 Å². The van der Waals surface area contributed by atoms with Gasteiger partial charge in [-0.15, -0.1) is 0 Å². The Labute approximate surface area is 148 Å². The van der Waals surface area contributed by atoms with Gasteiger partial charge in [-0.25, -0.2) is 0 Å². The van der Waals surface area contributed by atoms with Gasteiger partial charge in [0.05, 0.1) is 11.5 Å². The molecule has 0 amide bonds. The maximum absolute atomic E-state index is 11.1. The smallest absolute Gasteiger partial charge is 0.165 e. The molecule has 1 saturated heterocycles. The Balaban J connectivity index is 2.05. The zero-order chi connectivity index (χ0) is 18.3. The van der Waals surface area contributed by atoms with E-state index in [9.17, 15) is 20.4 Å². The standard InChI is InChI=1S/C20H28O5/c1-9(2)10-8-11-12(14(22)13(10)21)20-7-5-6-19(3,4)17(20)15(23)16(11)25-18(20)24/h8-9,15-18,21-24H,5-7H2,1-4H3/t15?,16?,17-,18+,20-/m0/s1. The van der Waals surface area contributed by atoms with Crippen LogP contribution < -0.4 is 0 Å². The molecule has 1 aromatic rings. The summed E-state index contributed by atoms with van der Waals surface area (Å²) in [5.74, 6) is -0.470. The largest absolute Gasteiger partial charge is 0.504 e. The van der Waals surface area contributed by atoms with Gasteiger partial charge in [-0.2, -0.15) is 0 Å². The van der Waals surface area contributed by atoms with Gasteiger partial charge in [0.25, 0.3) is 0 Å². The molecule has 2 aliphatic heterocycles. The van der Waals surface area contributed by atoms with Crippen LogP contribution in [-0.4, -0.2) is 32.8 Å². The zero-order valence-corrected chi connectivity index (χ0v) is 15.3. The SMILES string of the molecule is CC(C)c1cc2c(c(O)c1O)[C@@]13CCCC(C)(C)[C@@H]1C(O)C2O[C@H]3O. The zero-order valence-electron chi connectivity index (χ0n) is 15.3. The summed E-state index contributed by atoms with van der Waals surface area (Å²) in [6, 6.07) is 1.84. The monoisotopic (exact) mass is 348 g/mol. The number of fused-ring (bicyclic) bond motifs is 1. The van der Waals surface area contributed by atoms with Gasteiger partial charge in [0.15, 0.2) is 17.8 Å². The first-order valence-corrected chi connectivity index (χ1v) is 9.23. The van der Waals surface area contributed by atoms with Crippen LogP contribution in [0.5, 0.6) is 11.5 Å². The van der Waals surface area contributed by atoms with Gasteiger partial charge in [0, 0.05) is 17.0 Å². The molecule has 2 heterocycles. The third-order valence-electron chi connectivity index (χ3n) is 6.90. The van der Waals surface area contributed by atoms with Crippen molar-refractivity contribution in [1.29, 1.82) is 0 Å². The molecule has 2 unspecified atom stereocenters. The van der Waals surface area contributed by atoms with E-state index >= 15 is 0 Å². The van der Waals surface area contributed by atoms with E-state index in [1.165, 1.54) is 0 Å². The molecule has 2 bridgehead atoms. The van der Waals surface area contributed by atoms with Crippen LogP contribution >= 0.6 is 0 Å². The Hall–Kier alpha value is -1.30. The molecule has 0 radical (unpaired) electrons. The van der Waals surface area contributed by atoms with Crippen LogP contribution in [0.4, 0.5) is 0 Å². The van der Waals surface area contributed by atoms with Crippen molar-refractivity contribution in [3.63, 3.8) is 0 Å². The number of rotatable bonds is 1. The maximum Gasteiger partial charge on any atom is 0.165 e. The lowest BCUT2D eigenvalue weighted by atomic mass is 9.46. The van der Waals surface area contributed by atoms with E-state index in [1.807, 2.05) is 19.9 Å². The third-order valence-corrected chi connectivity index (χ3v) is 6.90. The third kappa shape index (κ3) is 1.95. The first kappa shape index (κ1) is 17.1.